The Morgan fingerprint density at radius 2 is 1.66 bits per heavy atom. The van der Waals surface area contributed by atoms with E-state index in [9.17, 15) is 4.79 Å². The zero-order valence-electron chi connectivity index (χ0n) is 20.1. The minimum atomic E-state index is -0.385. The minimum absolute atomic E-state index is 0.0798. The second-order valence-corrected chi connectivity index (χ2v) is 10.7. The third-order valence-electron chi connectivity index (χ3n) is 5.83. The first-order valence-electron chi connectivity index (χ1n) is 11.4. The number of hydrogen-bond acceptors (Lipinski definition) is 3. The van der Waals surface area contributed by atoms with Crippen molar-refractivity contribution >= 4 is 17.2 Å². The first-order valence-corrected chi connectivity index (χ1v) is 12.2. The van der Waals surface area contributed by atoms with Crippen molar-refractivity contribution in [2.24, 2.45) is 5.73 Å². The Balaban J connectivity index is 1.88. The highest BCUT2D eigenvalue weighted by molar-refractivity contribution is 7.14. The van der Waals surface area contributed by atoms with E-state index in [1.807, 2.05) is 6.07 Å². The summed E-state index contributed by atoms with van der Waals surface area (Å²) in [7, 11) is 0. The summed E-state index contributed by atoms with van der Waals surface area (Å²) in [6, 6.07) is 16.9. The number of rotatable bonds is 8. The summed E-state index contributed by atoms with van der Waals surface area (Å²) in [4.78, 5) is 13.2. The Bertz CT molecular complexity index is 1050. The lowest BCUT2D eigenvalue weighted by Gasteiger charge is -2.21. The molecule has 0 radical (unpaired) electrons. The van der Waals surface area contributed by atoms with Gasteiger partial charge in [-0.15, -0.1) is 11.3 Å². The lowest BCUT2D eigenvalue weighted by molar-refractivity contribution is 0.100. The molecular formula is C28H35NO2S. The fraction of sp³-hybridized carbons (Fsp3) is 0.393. The minimum Gasteiger partial charge on any atom is -0.485 e. The quantitative estimate of drug-likeness (QED) is 0.382. The number of unbranched alkanes of at least 4 members (excludes halogenated alkanes) is 1. The topological polar surface area (TPSA) is 52.3 Å². The lowest BCUT2D eigenvalue weighted by Crippen LogP contribution is -2.10. The van der Waals surface area contributed by atoms with E-state index in [-0.39, 0.29) is 17.4 Å². The molecule has 0 aliphatic carbocycles. The predicted octanol–water partition coefficient (Wildman–Crippen LogP) is 7.74. The van der Waals surface area contributed by atoms with Gasteiger partial charge in [-0.2, -0.15) is 0 Å². The Kier molecular flexibility index (Phi) is 7.45. The first-order chi connectivity index (χ1) is 15.1. The fourth-order valence-electron chi connectivity index (χ4n) is 4.06. The molecule has 1 unspecified atom stereocenters. The standard InChI is InChI=1S/C28H35NO2S/c1-7-8-9-23(24-14-15-25(32-24)27(29)30)31-22-16-18(2)26(19(3)17-22)20-10-12-21(13-11-20)28(4,5)6/h10-17,23H,7-9H2,1-6H3,(H2,29,30). The molecule has 0 aliphatic heterocycles. The van der Waals surface area contributed by atoms with Crippen LogP contribution < -0.4 is 10.5 Å². The van der Waals surface area contributed by atoms with Gasteiger partial charge in [0, 0.05) is 4.88 Å². The van der Waals surface area contributed by atoms with Crippen molar-refractivity contribution in [3.8, 4) is 16.9 Å². The van der Waals surface area contributed by atoms with Crippen LogP contribution in [0.2, 0.25) is 0 Å². The van der Waals surface area contributed by atoms with E-state index < -0.39 is 0 Å². The van der Waals surface area contributed by atoms with E-state index in [1.54, 1.807) is 6.07 Å². The van der Waals surface area contributed by atoms with E-state index >= 15 is 0 Å². The number of hydrogen-bond donors (Lipinski definition) is 1. The Morgan fingerprint density at radius 3 is 2.16 bits per heavy atom. The van der Waals surface area contributed by atoms with Gasteiger partial charge in [0.1, 0.15) is 11.9 Å². The number of amides is 1. The highest BCUT2D eigenvalue weighted by Crippen LogP contribution is 2.36. The molecule has 0 spiro atoms. The monoisotopic (exact) mass is 449 g/mol. The summed E-state index contributed by atoms with van der Waals surface area (Å²) >= 11 is 1.43. The summed E-state index contributed by atoms with van der Waals surface area (Å²) in [5.74, 6) is 0.481. The van der Waals surface area contributed by atoms with Gasteiger partial charge < -0.3 is 10.5 Å². The molecule has 0 saturated carbocycles. The molecule has 2 N–H and O–H groups in total. The maximum atomic E-state index is 11.5. The molecule has 0 bridgehead atoms. The largest absolute Gasteiger partial charge is 0.485 e. The van der Waals surface area contributed by atoms with Crippen LogP contribution in [0.5, 0.6) is 5.75 Å². The highest BCUT2D eigenvalue weighted by atomic mass is 32.1. The van der Waals surface area contributed by atoms with Gasteiger partial charge in [0.05, 0.1) is 4.88 Å². The normalized spacial score (nSPS) is 12.6. The van der Waals surface area contributed by atoms with E-state index in [2.05, 4.69) is 77.9 Å². The molecule has 0 saturated heterocycles. The van der Waals surface area contributed by atoms with Crippen LogP contribution in [-0.2, 0) is 5.41 Å². The zero-order chi connectivity index (χ0) is 23.5. The second kappa shape index (κ2) is 9.91. The number of carbonyl (C=O) groups excluding carboxylic acids is 1. The molecule has 4 heteroatoms. The smallest absolute Gasteiger partial charge is 0.258 e. The highest BCUT2D eigenvalue weighted by Gasteiger charge is 2.19. The van der Waals surface area contributed by atoms with Crippen molar-refractivity contribution in [1.82, 2.24) is 0 Å². The fourth-order valence-corrected chi connectivity index (χ4v) is 4.98. The maximum Gasteiger partial charge on any atom is 0.258 e. The summed E-state index contributed by atoms with van der Waals surface area (Å²) in [5.41, 5.74) is 11.8. The Hall–Kier alpha value is -2.59. The summed E-state index contributed by atoms with van der Waals surface area (Å²) < 4.78 is 6.47. The summed E-state index contributed by atoms with van der Waals surface area (Å²) in [6.07, 6.45) is 2.98. The summed E-state index contributed by atoms with van der Waals surface area (Å²) in [6.45, 7) is 13.2. The van der Waals surface area contributed by atoms with Gasteiger partial charge in [0.25, 0.3) is 5.91 Å². The number of primary amides is 1. The van der Waals surface area contributed by atoms with Crippen LogP contribution in [0.15, 0.2) is 48.5 Å². The lowest BCUT2D eigenvalue weighted by atomic mass is 9.85. The number of thiophene rings is 1. The van der Waals surface area contributed by atoms with Gasteiger partial charge in [-0.25, -0.2) is 0 Å². The Morgan fingerprint density at radius 1 is 1.03 bits per heavy atom. The number of benzene rings is 2. The van der Waals surface area contributed by atoms with Crippen LogP contribution in [0.3, 0.4) is 0 Å². The third kappa shape index (κ3) is 5.60. The molecule has 3 rings (SSSR count). The van der Waals surface area contributed by atoms with Crippen molar-refractivity contribution in [3.05, 3.63) is 75.0 Å². The molecule has 0 fully saturated rings. The van der Waals surface area contributed by atoms with E-state index in [0.717, 1.165) is 29.9 Å². The number of carbonyl (C=O) groups is 1. The van der Waals surface area contributed by atoms with Crippen LogP contribution in [0.1, 0.15) is 84.3 Å². The van der Waals surface area contributed by atoms with Gasteiger partial charge in [0.2, 0.25) is 0 Å². The molecule has 170 valence electrons. The van der Waals surface area contributed by atoms with E-state index in [4.69, 9.17) is 10.5 Å². The van der Waals surface area contributed by atoms with Crippen LogP contribution in [0.4, 0.5) is 0 Å². The second-order valence-electron chi connectivity index (χ2n) is 9.57. The first kappa shape index (κ1) is 24.1. The van der Waals surface area contributed by atoms with Crippen molar-refractivity contribution in [2.45, 2.75) is 72.3 Å². The third-order valence-corrected chi connectivity index (χ3v) is 7.02. The molecule has 0 aliphatic rings. The van der Waals surface area contributed by atoms with Crippen LogP contribution in [-0.4, -0.2) is 5.91 Å². The van der Waals surface area contributed by atoms with Crippen molar-refractivity contribution in [2.75, 3.05) is 0 Å². The summed E-state index contributed by atoms with van der Waals surface area (Å²) in [5, 5.41) is 0. The van der Waals surface area contributed by atoms with Gasteiger partial charge in [-0.1, -0.05) is 58.4 Å². The molecule has 32 heavy (non-hydrogen) atoms. The van der Waals surface area contributed by atoms with E-state index in [1.165, 1.54) is 39.2 Å². The van der Waals surface area contributed by atoms with Crippen LogP contribution in [0, 0.1) is 13.8 Å². The van der Waals surface area contributed by atoms with Gasteiger partial charge in [-0.05, 0) is 84.2 Å². The van der Waals surface area contributed by atoms with Crippen molar-refractivity contribution in [1.29, 1.82) is 0 Å². The van der Waals surface area contributed by atoms with Crippen LogP contribution in [0.25, 0.3) is 11.1 Å². The molecular weight excluding hydrogens is 414 g/mol. The van der Waals surface area contributed by atoms with E-state index in [0.29, 0.717) is 4.88 Å². The van der Waals surface area contributed by atoms with Gasteiger partial charge in [0.15, 0.2) is 0 Å². The average molecular weight is 450 g/mol. The maximum absolute atomic E-state index is 11.5. The molecule has 3 nitrogen and oxygen atoms in total. The number of nitrogens with two attached hydrogens (primary N) is 1. The van der Waals surface area contributed by atoms with Gasteiger partial charge in [-0.3, -0.25) is 4.79 Å². The van der Waals surface area contributed by atoms with Crippen molar-refractivity contribution < 1.29 is 9.53 Å². The average Bonchev–Trinajstić information content (AvgIpc) is 3.21. The molecule has 1 heterocycles. The van der Waals surface area contributed by atoms with Crippen LogP contribution >= 0.6 is 11.3 Å². The molecule has 3 aromatic rings. The van der Waals surface area contributed by atoms with Crippen molar-refractivity contribution in [3.63, 3.8) is 0 Å². The number of aryl methyl sites for hydroxylation is 2. The molecule has 2 aromatic carbocycles. The zero-order valence-corrected chi connectivity index (χ0v) is 20.9. The SMILES string of the molecule is CCCCC(Oc1cc(C)c(-c2ccc(C(C)(C)C)cc2)c(C)c1)c1ccc(C(N)=O)s1. The molecule has 1 aromatic heterocycles. The molecule has 1 amide bonds. The number of ether oxygens (including phenoxy) is 1. The van der Waals surface area contributed by atoms with Gasteiger partial charge >= 0.3 is 0 Å². The Labute approximate surface area is 196 Å². The predicted molar refractivity (Wildman–Crippen MR) is 136 cm³/mol. The molecule has 1 atom stereocenters.